The van der Waals surface area contributed by atoms with Crippen molar-refractivity contribution in [3.63, 3.8) is 0 Å². The first-order chi connectivity index (χ1) is 9.51. The Bertz CT molecular complexity index is 327. The van der Waals surface area contributed by atoms with Crippen LogP contribution in [-0.2, 0) is 4.79 Å². The van der Waals surface area contributed by atoms with Gasteiger partial charge in [0.05, 0.1) is 0 Å². The molecule has 0 aliphatic heterocycles. The van der Waals surface area contributed by atoms with E-state index in [0.29, 0.717) is 23.7 Å². The lowest BCUT2D eigenvalue weighted by atomic mass is 9.78. The van der Waals surface area contributed by atoms with Gasteiger partial charge in [-0.25, -0.2) is 0 Å². The van der Waals surface area contributed by atoms with E-state index < -0.39 is 0 Å². The standard InChI is InChI=1S/C17H32N2O.ClH/c1-13(2)11-17(8-3-4-9-17)12-19-16(20)10-14-6-5-7-15(14)18;/h13-15H,3-12,18H2,1-2H3,(H,19,20);1H/t14-,15+;/m0./s1. The molecule has 0 spiro atoms. The molecule has 0 unspecified atom stereocenters. The molecular weight excluding hydrogens is 284 g/mol. The fourth-order valence-electron chi connectivity index (χ4n) is 4.36. The quantitative estimate of drug-likeness (QED) is 0.786. The number of amides is 1. The minimum atomic E-state index is 0. The molecule has 2 aliphatic carbocycles. The molecule has 124 valence electrons. The molecule has 0 aromatic rings. The summed E-state index contributed by atoms with van der Waals surface area (Å²) in [5.74, 6) is 1.36. The van der Waals surface area contributed by atoms with E-state index in [0.717, 1.165) is 19.4 Å². The summed E-state index contributed by atoms with van der Waals surface area (Å²) >= 11 is 0. The van der Waals surface area contributed by atoms with E-state index in [4.69, 9.17) is 5.73 Å². The summed E-state index contributed by atoms with van der Waals surface area (Å²) in [4.78, 5) is 12.2. The van der Waals surface area contributed by atoms with E-state index in [-0.39, 0.29) is 24.4 Å². The third-order valence-corrected chi connectivity index (χ3v) is 5.33. The maximum absolute atomic E-state index is 12.2. The van der Waals surface area contributed by atoms with Gasteiger partial charge in [-0.3, -0.25) is 4.79 Å². The molecule has 0 saturated heterocycles. The second-order valence-electron chi connectivity index (χ2n) is 7.64. The van der Waals surface area contributed by atoms with Gasteiger partial charge in [-0.1, -0.05) is 33.1 Å². The number of nitrogens with two attached hydrogens (primary N) is 1. The maximum Gasteiger partial charge on any atom is 0.220 e. The molecule has 0 aromatic heterocycles. The van der Waals surface area contributed by atoms with Crippen molar-refractivity contribution in [3.8, 4) is 0 Å². The van der Waals surface area contributed by atoms with E-state index in [1.165, 1.54) is 38.5 Å². The number of carbonyl (C=O) groups is 1. The molecule has 2 atom stereocenters. The van der Waals surface area contributed by atoms with Gasteiger partial charge in [0.15, 0.2) is 0 Å². The van der Waals surface area contributed by atoms with Gasteiger partial charge >= 0.3 is 0 Å². The van der Waals surface area contributed by atoms with Crippen LogP contribution in [0.4, 0.5) is 0 Å². The molecule has 0 radical (unpaired) electrons. The van der Waals surface area contributed by atoms with Crippen molar-refractivity contribution < 1.29 is 4.79 Å². The molecule has 0 aromatic carbocycles. The van der Waals surface area contributed by atoms with Crippen LogP contribution in [0.2, 0.25) is 0 Å². The Kier molecular flexibility index (Phi) is 7.49. The largest absolute Gasteiger partial charge is 0.356 e. The van der Waals surface area contributed by atoms with Crippen molar-refractivity contribution in [2.24, 2.45) is 23.0 Å². The Hall–Kier alpha value is -0.280. The first kappa shape index (κ1) is 18.8. The lowest BCUT2D eigenvalue weighted by molar-refractivity contribution is -0.122. The van der Waals surface area contributed by atoms with Crippen molar-refractivity contribution in [3.05, 3.63) is 0 Å². The molecule has 2 aliphatic rings. The first-order valence-corrected chi connectivity index (χ1v) is 8.53. The minimum absolute atomic E-state index is 0. The van der Waals surface area contributed by atoms with E-state index in [1.807, 2.05) is 0 Å². The molecule has 1 amide bonds. The van der Waals surface area contributed by atoms with E-state index >= 15 is 0 Å². The third kappa shape index (κ3) is 5.45. The molecule has 2 saturated carbocycles. The number of rotatable bonds is 6. The predicted octanol–water partition coefficient (Wildman–Crippen LogP) is 3.65. The summed E-state index contributed by atoms with van der Waals surface area (Å²) in [5.41, 5.74) is 6.43. The summed E-state index contributed by atoms with van der Waals surface area (Å²) < 4.78 is 0. The minimum Gasteiger partial charge on any atom is -0.356 e. The molecule has 0 bridgehead atoms. The van der Waals surface area contributed by atoms with Crippen LogP contribution < -0.4 is 11.1 Å². The van der Waals surface area contributed by atoms with Crippen molar-refractivity contribution >= 4 is 18.3 Å². The van der Waals surface area contributed by atoms with Crippen molar-refractivity contribution in [2.75, 3.05) is 6.54 Å². The van der Waals surface area contributed by atoms with Gasteiger partial charge in [0.2, 0.25) is 5.91 Å². The zero-order valence-electron chi connectivity index (χ0n) is 13.7. The van der Waals surface area contributed by atoms with Crippen molar-refractivity contribution in [1.82, 2.24) is 5.32 Å². The van der Waals surface area contributed by atoms with Crippen LogP contribution in [0.1, 0.15) is 71.6 Å². The second-order valence-corrected chi connectivity index (χ2v) is 7.64. The summed E-state index contributed by atoms with van der Waals surface area (Å²) in [6.45, 7) is 5.46. The molecule has 21 heavy (non-hydrogen) atoms. The SMILES string of the molecule is CC(C)CC1(CNC(=O)C[C@@H]2CCC[C@H]2N)CCCC1.Cl. The highest BCUT2D eigenvalue weighted by Gasteiger charge is 2.35. The summed E-state index contributed by atoms with van der Waals surface area (Å²) in [6.07, 6.45) is 10.5. The molecular formula is C17H33ClN2O. The fraction of sp³-hybridized carbons (Fsp3) is 0.941. The van der Waals surface area contributed by atoms with Crippen LogP contribution >= 0.6 is 12.4 Å². The van der Waals surface area contributed by atoms with Crippen LogP contribution in [0.3, 0.4) is 0 Å². The topological polar surface area (TPSA) is 55.1 Å². The summed E-state index contributed by atoms with van der Waals surface area (Å²) in [7, 11) is 0. The third-order valence-electron chi connectivity index (χ3n) is 5.33. The lowest BCUT2D eigenvalue weighted by Gasteiger charge is -2.31. The summed E-state index contributed by atoms with van der Waals surface area (Å²) in [6, 6.07) is 0.247. The first-order valence-electron chi connectivity index (χ1n) is 8.53. The van der Waals surface area contributed by atoms with Crippen LogP contribution in [0, 0.1) is 17.3 Å². The molecule has 2 fully saturated rings. The van der Waals surface area contributed by atoms with E-state index in [1.54, 1.807) is 0 Å². The van der Waals surface area contributed by atoms with Crippen LogP contribution in [0.5, 0.6) is 0 Å². The average molecular weight is 317 g/mol. The fourth-order valence-corrected chi connectivity index (χ4v) is 4.36. The molecule has 0 heterocycles. The van der Waals surface area contributed by atoms with Crippen molar-refractivity contribution in [2.45, 2.75) is 77.7 Å². The average Bonchev–Trinajstić information content (AvgIpc) is 2.98. The van der Waals surface area contributed by atoms with Gasteiger partial charge in [0.25, 0.3) is 0 Å². The Morgan fingerprint density at radius 3 is 2.43 bits per heavy atom. The molecule has 3 N–H and O–H groups in total. The molecule has 3 nitrogen and oxygen atoms in total. The number of carbonyl (C=O) groups excluding carboxylic acids is 1. The Labute approximate surface area is 136 Å². The van der Waals surface area contributed by atoms with Gasteiger partial charge in [0, 0.05) is 19.0 Å². The highest BCUT2D eigenvalue weighted by atomic mass is 35.5. The maximum atomic E-state index is 12.2. The zero-order valence-corrected chi connectivity index (χ0v) is 14.5. The highest BCUT2D eigenvalue weighted by Crippen LogP contribution is 2.42. The van der Waals surface area contributed by atoms with Gasteiger partial charge in [0.1, 0.15) is 0 Å². The van der Waals surface area contributed by atoms with Crippen molar-refractivity contribution in [1.29, 1.82) is 0 Å². The highest BCUT2D eigenvalue weighted by molar-refractivity contribution is 5.85. The van der Waals surface area contributed by atoms with E-state index in [9.17, 15) is 4.79 Å². The van der Waals surface area contributed by atoms with Crippen LogP contribution in [-0.4, -0.2) is 18.5 Å². The summed E-state index contributed by atoms with van der Waals surface area (Å²) in [5, 5.41) is 3.22. The van der Waals surface area contributed by atoms with Gasteiger partial charge in [-0.15, -0.1) is 12.4 Å². The van der Waals surface area contributed by atoms with E-state index in [2.05, 4.69) is 19.2 Å². The monoisotopic (exact) mass is 316 g/mol. The predicted molar refractivity (Wildman–Crippen MR) is 90.5 cm³/mol. The van der Waals surface area contributed by atoms with Crippen LogP contribution in [0.15, 0.2) is 0 Å². The van der Waals surface area contributed by atoms with Gasteiger partial charge in [-0.2, -0.15) is 0 Å². The lowest BCUT2D eigenvalue weighted by Crippen LogP contribution is -2.38. The Morgan fingerprint density at radius 2 is 1.90 bits per heavy atom. The number of hydrogen-bond acceptors (Lipinski definition) is 2. The Morgan fingerprint density at radius 1 is 1.24 bits per heavy atom. The van der Waals surface area contributed by atoms with Gasteiger partial charge < -0.3 is 11.1 Å². The normalized spacial score (nSPS) is 27.6. The second kappa shape index (κ2) is 8.38. The number of nitrogens with one attached hydrogen (secondary N) is 1. The number of hydrogen-bond donors (Lipinski definition) is 2. The molecule has 4 heteroatoms. The van der Waals surface area contributed by atoms with Crippen LogP contribution in [0.25, 0.3) is 0 Å². The zero-order chi connectivity index (χ0) is 14.6. The van der Waals surface area contributed by atoms with Gasteiger partial charge in [-0.05, 0) is 49.4 Å². The Balaban J connectivity index is 0.00000220. The molecule has 2 rings (SSSR count). The number of halogens is 1. The smallest absolute Gasteiger partial charge is 0.220 e.